The summed E-state index contributed by atoms with van der Waals surface area (Å²) in [5.41, 5.74) is 1.42. The Labute approximate surface area is 207 Å². The van der Waals surface area contributed by atoms with E-state index in [9.17, 15) is 9.59 Å². The van der Waals surface area contributed by atoms with Crippen molar-refractivity contribution < 1.29 is 14.3 Å². The number of halogens is 1. The van der Waals surface area contributed by atoms with Gasteiger partial charge in [0.2, 0.25) is 11.8 Å². The van der Waals surface area contributed by atoms with E-state index in [-0.39, 0.29) is 24.1 Å². The highest BCUT2D eigenvalue weighted by Crippen LogP contribution is 2.19. The maximum absolute atomic E-state index is 12.3. The van der Waals surface area contributed by atoms with E-state index in [1.54, 1.807) is 54.2 Å². The number of carbonyl (C=O) groups is 2. The van der Waals surface area contributed by atoms with Crippen LogP contribution in [0.3, 0.4) is 0 Å². The SMILES string of the molecule is C=CCn1c(CNC(=O)C=Cc2ccccc2Cl)nnc1SCC(=O)Nc1ccc(OC)cc1. The third-order valence-corrected chi connectivity index (χ3v) is 5.86. The van der Waals surface area contributed by atoms with Crippen molar-refractivity contribution in [2.75, 3.05) is 18.2 Å². The second-order valence-electron chi connectivity index (χ2n) is 6.94. The van der Waals surface area contributed by atoms with Gasteiger partial charge >= 0.3 is 0 Å². The van der Waals surface area contributed by atoms with Crippen LogP contribution in [-0.2, 0) is 22.7 Å². The van der Waals surface area contributed by atoms with Crippen molar-refractivity contribution in [2.24, 2.45) is 0 Å². The minimum atomic E-state index is -0.291. The zero-order valence-corrected chi connectivity index (χ0v) is 20.1. The number of nitrogens with zero attached hydrogens (tertiary/aromatic N) is 3. The van der Waals surface area contributed by atoms with Gasteiger partial charge in [0.1, 0.15) is 5.75 Å². The van der Waals surface area contributed by atoms with Crippen molar-refractivity contribution in [3.05, 3.63) is 83.7 Å². The molecule has 2 amide bonds. The molecular weight excluding hydrogens is 474 g/mol. The van der Waals surface area contributed by atoms with Gasteiger partial charge in [-0.1, -0.05) is 47.6 Å². The predicted molar refractivity (Wildman–Crippen MR) is 135 cm³/mol. The van der Waals surface area contributed by atoms with Crippen LogP contribution < -0.4 is 15.4 Å². The lowest BCUT2D eigenvalue weighted by molar-refractivity contribution is -0.116. The minimum absolute atomic E-state index is 0.147. The second kappa shape index (κ2) is 12.6. The lowest BCUT2D eigenvalue weighted by Crippen LogP contribution is -2.23. The molecule has 0 saturated heterocycles. The van der Waals surface area contributed by atoms with Gasteiger partial charge in [-0.2, -0.15) is 0 Å². The van der Waals surface area contributed by atoms with Crippen LogP contribution in [0.15, 0.2) is 72.4 Å². The Hall–Kier alpha value is -3.56. The monoisotopic (exact) mass is 497 g/mol. The van der Waals surface area contributed by atoms with Crippen molar-refractivity contribution in [2.45, 2.75) is 18.2 Å². The summed E-state index contributed by atoms with van der Waals surface area (Å²) >= 11 is 7.35. The Balaban J connectivity index is 1.55. The van der Waals surface area contributed by atoms with E-state index in [1.165, 1.54) is 17.8 Å². The van der Waals surface area contributed by atoms with Gasteiger partial charge in [-0.25, -0.2) is 0 Å². The number of anilines is 1. The van der Waals surface area contributed by atoms with Crippen LogP contribution in [0.25, 0.3) is 6.08 Å². The molecule has 2 aromatic carbocycles. The molecule has 0 unspecified atom stereocenters. The average Bonchev–Trinajstić information content (AvgIpc) is 3.23. The van der Waals surface area contributed by atoms with Crippen LogP contribution in [0.2, 0.25) is 5.02 Å². The van der Waals surface area contributed by atoms with Gasteiger partial charge in [-0.15, -0.1) is 16.8 Å². The van der Waals surface area contributed by atoms with Crippen molar-refractivity contribution in [1.29, 1.82) is 0 Å². The smallest absolute Gasteiger partial charge is 0.244 e. The van der Waals surface area contributed by atoms with Crippen molar-refractivity contribution >= 4 is 46.9 Å². The first-order chi connectivity index (χ1) is 16.5. The fourth-order valence-electron chi connectivity index (χ4n) is 2.87. The maximum atomic E-state index is 12.3. The topological polar surface area (TPSA) is 98.1 Å². The minimum Gasteiger partial charge on any atom is -0.497 e. The zero-order chi connectivity index (χ0) is 24.3. The first-order valence-electron chi connectivity index (χ1n) is 10.3. The summed E-state index contributed by atoms with van der Waals surface area (Å²) in [6.45, 7) is 4.38. The largest absolute Gasteiger partial charge is 0.497 e. The number of thioether (sulfide) groups is 1. The van der Waals surface area contributed by atoms with E-state index in [2.05, 4.69) is 27.4 Å². The van der Waals surface area contributed by atoms with Gasteiger partial charge in [-0.3, -0.25) is 9.59 Å². The van der Waals surface area contributed by atoms with Crippen molar-refractivity contribution in [1.82, 2.24) is 20.1 Å². The molecule has 34 heavy (non-hydrogen) atoms. The summed E-state index contributed by atoms with van der Waals surface area (Å²) < 4.78 is 6.91. The van der Waals surface area contributed by atoms with E-state index in [1.807, 2.05) is 18.2 Å². The standard InChI is InChI=1S/C24H24ClN5O3S/c1-3-14-30-21(15-26-22(31)13-8-17-6-4-5-7-20(17)25)28-29-24(30)34-16-23(32)27-18-9-11-19(33-2)12-10-18/h3-13H,1,14-16H2,2H3,(H,26,31)(H,27,32). The summed E-state index contributed by atoms with van der Waals surface area (Å²) in [5.74, 6) is 0.944. The number of rotatable bonds is 11. The summed E-state index contributed by atoms with van der Waals surface area (Å²) in [7, 11) is 1.58. The quantitative estimate of drug-likeness (QED) is 0.234. The van der Waals surface area contributed by atoms with E-state index in [4.69, 9.17) is 16.3 Å². The number of amides is 2. The number of methoxy groups -OCH3 is 1. The second-order valence-corrected chi connectivity index (χ2v) is 8.29. The first kappa shape index (κ1) is 25.1. The van der Waals surface area contributed by atoms with Gasteiger partial charge < -0.3 is 19.9 Å². The number of allylic oxidation sites excluding steroid dienone is 1. The van der Waals surface area contributed by atoms with Crippen LogP contribution in [0.5, 0.6) is 5.75 Å². The third-order valence-electron chi connectivity index (χ3n) is 4.55. The summed E-state index contributed by atoms with van der Waals surface area (Å²) in [6, 6.07) is 14.3. The molecule has 0 saturated carbocycles. The highest BCUT2D eigenvalue weighted by molar-refractivity contribution is 7.99. The van der Waals surface area contributed by atoms with Crippen LogP contribution in [0.4, 0.5) is 5.69 Å². The Morgan fingerprint density at radius 2 is 1.94 bits per heavy atom. The van der Waals surface area contributed by atoms with Gasteiger partial charge in [0, 0.05) is 23.3 Å². The highest BCUT2D eigenvalue weighted by atomic mass is 35.5. The Morgan fingerprint density at radius 1 is 1.18 bits per heavy atom. The normalized spacial score (nSPS) is 10.8. The molecule has 3 rings (SSSR count). The van der Waals surface area contributed by atoms with Gasteiger partial charge in [0.05, 0.1) is 19.4 Å². The number of ether oxygens (including phenoxy) is 1. The number of nitrogens with one attached hydrogen (secondary N) is 2. The van der Waals surface area contributed by atoms with Crippen molar-refractivity contribution in [3.63, 3.8) is 0 Å². The molecule has 0 radical (unpaired) electrons. The first-order valence-corrected chi connectivity index (χ1v) is 11.7. The van der Waals surface area contributed by atoms with E-state index in [0.717, 1.165) is 5.56 Å². The maximum Gasteiger partial charge on any atom is 0.244 e. The van der Waals surface area contributed by atoms with Crippen molar-refractivity contribution in [3.8, 4) is 5.75 Å². The number of carbonyl (C=O) groups excluding carboxylic acids is 2. The number of aromatic nitrogens is 3. The number of hydrogen-bond acceptors (Lipinski definition) is 6. The lowest BCUT2D eigenvalue weighted by atomic mass is 10.2. The number of benzene rings is 2. The molecule has 0 aliphatic rings. The molecule has 0 aliphatic heterocycles. The third kappa shape index (κ3) is 7.23. The fraction of sp³-hybridized carbons (Fsp3) is 0.167. The lowest BCUT2D eigenvalue weighted by Gasteiger charge is -2.09. The summed E-state index contributed by atoms with van der Waals surface area (Å²) in [6.07, 6.45) is 4.76. The molecule has 8 nitrogen and oxygen atoms in total. The van der Waals surface area contributed by atoms with Crippen LogP contribution in [0, 0.1) is 0 Å². The van der Waals surface area contributed by atoms with Crippen LogP contribution in [0.1, 0.15) is 11.4 Å². The van der Waals surface area contributed by atoms with E-state index >= 15 is 0 Å². The summed E-state index contributed by atoms with van der Waals surface area (Å²) in [4.78, 5) is 24.6. The molecule has 0 spiro atoms. The fourth-order valence-corrected chi connectivity index (χ4v) is 3.84. The van der Waals surface area contributed by atoms with E-state index in [0.29, 0.717) is 34.0 Å². The van der Waals surface area contributed by atoms with Crippen LogP contribution >= 0.6 is 23.4 Å². The molecule has 0 bridgehead atoms. The van der Waals surface area contributed by atoms with Gasteiger partial charge in [-0.05, 0) is 42.0 Å². The Bertz CT molecular complexity index is 1180. The Kier molecular flexibility index (Phi) is 9.30. The average molecular weight is 498 g/mol. The molecule has 1 aromatic heterocycles. The predicted octanol–water partition coefficient (Wildman–Crippen LogP) is 4.19. The van der Waals surface area contributed by atoms with Crippen LogP contribution in [-0.4, -0.2) is 39.4 Å². The summed E-state index contributed by atoms with van der Waals surface area (Å²) in [5, 5.41) is 15.1. The molecule has 0 fully saturated rings. The molecule has 176 valence electrons. The molecule has 1 heterocycles. The molecule has 3 aromatic rings. The molecule has 2 N–H and O–H groups in total. The number of hydrogen-bond donors (Lipinski definition) is 2. The van der Waals surface area contributed by atoms with Gasteiger partial charge in [0.15, 0.2) is 11.0 Å². The van der Waals surface area contributed by atoms with Gasteiger partial charge in [0.25, 0.3) is 0 Å². The zero-order valence-electron chi connectivity index (χ0n) is 18.5. The van der Waals surface area contributed by atoms with E-state index < -0.39 is 0 Å². The molecule has 10 heteroatoms. The highest BCUT2D eigenvalue weighted by Gasteiger charge is 2.14. The molecule has 0 aliphatic carbocycles. The molecular formula is C24H24ClN5O3S. The molecule has 0 atom stereocenters. The Morgan fingerprint density at radius 3 is 2.65 bits per heavy atom.